The van der Waals surface area contributed by atoms with Crippen molar-refractivity contribution in [3.63, 3.8) is 0 Å². The molecular weight excluding hydrogens is 240 g/mol. The van der Waals surface area contributed by atoms with E-state index < -0.39 is 0 Å². The second-order valence-corrected chi connectivity index (χ2v) is 3.90. The Balaban J connectivity index is 2.41. The second-order valence-electron chi connectivity index (χ2n) is 3.49. The molecule has 0 unspecified atom stereocenters. The molecule has 0 aliphatic carbocycles. The van der Waals surface area contributed by atoms with Crippen molar-refractivity contribution in [2.45, 2.75) is 20.0 Å². The van der Waals surface area contributed by atoms with Crippen LogP contribution in [0.2, 0.25) is 5.02 Å². The topological polar surface area (TPSA) is 35.5 Å². The third-order valence-corrected chi connectivity index (χ3v) is 2.24. The molecule has 0 bridgehead atoms. The van der Waals surface area contributed by atoms with Gasteiger partial charge in [-0.2, -0.15) is 0 Å². The van der Waals surface area contributed by atoms with E-state index in [4.69, 9.17) is 21.1 Å². The van der Waals surface area contributed by atoms with Crippen LogP contribution in [0.3, 0.4) is 0 Å². The Labute approximate surface area is 106 Å². The number of carbonyl (C=O) groups is 1. The molecule has 1 rings (SSSR count). The fourth-order valence-electron chi connectivity index (χ4n) is 1.18. The predicted molar refractivity (Wildman–Crippen MR) is 67.3 cm³/mol. The number of hydrogen-bond acceptors (Lipinski definition) is 3. The van der Waals surface area contributed by atoms with Gasteiger partial charge in [-0.05, 0) is 26.0 Å². The third-order valence-electron chi connectivity index (χ3n) is 1.93. The number of halogens is 1. The van der Waals surface area contributed by atoms with Crippen molar-refractivity contribution in [2.75, 3.05) is 6.61 Å². The lowest BCUT2D eigenvalue weighted by atomic mass is 10.3. The molecule has 0 aliphatic heterocycles. The van der Waals surface area contributed by atoms with Gasteiger partial charge < -0.3 is 9.47 Å². The second kappa shape index (κ2) is 6.97. The summed E-state index contributed by atoms with van der Waals surface area (Å²) in [6, 6.07) is 7.17. The SMILES string of the molecule is C/C=C\C(=O)O[C@H](C)COc1ccccc1Cl. The van der Waals surface area contributed by atoms with Gasteiger partial charge in [-0.25, -0.2) is 4.79 Å². The predicted octanol–water partition coefficient (Wildman–Crippen LogP) is 3.23. The van der Waals surface area contributed by atoms with Crippen molar-refractivity contribution in [3.8, 4) is 5.75 Å². The highest BCUT2D eigenvalue weighted by Crippen LogP contribution is 2.23. The van der Waals surface area contributed by atoms with Gasteiger partial charge in [0, 0.05) is 6.08 Å². The van der Waals surface area contributed by atoms with Crippen LogP contribution in [-0.4, -0.2) is 18.7 Å². The number of allylic oxidation sites excluding steroid dienone is 1. The summed E-state index contributed by atoms with van der Waals surface area (Å²) in [4.78, 5) is 11.1. The summed E-state index contributed by atoms with van der Waals surface area (Å²) < 4.78 is 10.5. The van der Waals surface area contributed by atoms with Gasteiger partial charge in [-0.3, -0.25) is 0 Å². The molecule has 0 N–H and O–H groups in total. The highest BCUT2D eigenvalue weighted by molar-refractivity contribution is 6.32. The molecule has 0 aromatic heterocycles. The van der Waals surface area contributed by atoms with Gasteiger partial charge >= 0.3 is 5.97 Å². The average Bonchev–Trinajstić information content (AvgIpc) is 2.28. The van der Waals surface area contributed by atoms with E-state index in [1.54, 1.807) is 32.1 Å². The van der Waals surface area contributed by atoms with Gasteiger partial charge in [-0.1, -0.05) is 29.8 Å². The fourth-order valence-corrected chi connectivity index (χ4v) is 1.37. The van der Waals surface area contributed by atoms with Crippen molar-refractivity contribution < 1.29 is 14.3 Å². The Morgan fingerprint density at radius 2 is 2.18 bits per heavy atom. The van der Waals surface area contributed by atoms with E-state index in [0.29, 0.717) is 10.8 Å². The normalized spacial score (nSPS) is 12.4. The van der Waals surface area contributed by atoms with Crippen molar-refractivity contribution in [2.24, 2.45) is 0 Å². The van der Waals surface area contributed by atoms with Gasteiger partial charge in [0.1, 0.15) is 18.5 Å². The van der Waals surface area contributed by atoms with Crippen LogP contribution >= 0.6 is 11.6 Å². The Bertz CT molecular complexity index is 401. The van der Waals surface area contributed by atoms with Crippen molar-refractivity contribution >= 4 is 17.6 Å². The molecule has 3 nitrogen and oxygen atoms in total. The summed E-state index contributed by atoms with van der Waals surface area (Å²) in [6.07, 6.45) is 2.67. The van der Waals surface area contributed by atoms with Crippen LogP contribution < -0.4 is 4.74 Å². The minimum absolute atomic E-state index is 0.271. The Kier molecular flexibility index (Phi) is 5.57. The number of ether oxygens (including phenoxy) is 2. The van der Waals surface area contributed by atoms with Gasteiger partial charge in [0.25, 0.3) is 0 Å². The number of rotatable bonds is 5. The molecule has 17 heavy (non-hydrogen) atoms. The van der Waals surface area contributed by atoms with Crippen molar-refractivity contribution in [1.82, 2.24) is 0 Å². The van der Waals surface area contributed by atoms with Crippen molar-refractivity contribution in [1.29, 1.82) is 0 Å². The van der Waals surface area contributed by atoms with Crippen LogP contribution in [0.15, 0.2) is 36.4 Å². The Morgan fingerprint density at radius 1 is 1.47 bits per heavy atom. The molecule has 0 spiro atoms. The lowest BCUT2D eigenvalue weighted by Gasteiger charge is -2.13. The van der Waals surface area contributed by atoms with Gasteiger partial charge in [0.15, 0.2) is 0 Å². The van der Waals surface area contributed by atoms with Gasteiger partial charge in [0.2, 0.25) is 0 Å². The first-order valence-corrected chi connectivity index (χ1v) is 5.72. The zero-order chi connectivity index (χ0) is 12.7. The monoisotopic (exact) mass is 254 g/mol. The average molecular weight is 255 g/mol. The highest BCUT2D eigenvalue weighted by atomic mass is 35.5. The van der Waals surface area contributed by atoms with Crippen molar-refractivity contribution in [3.05, 3.63) is 41.4 Å². The maximum atomic E-state index is 11.1. The van der Waals surface area contributed by atoms with E-state index in [2.05, 4.69) is 0 Å². The van der Waals surface area contributed by atoms with E-state index in [1.807, 2.05) is 12.1 Å². The van der Waals surface area contributed by atoms with Crippen LogP contribution in [0.4, 0.5) is 0 Å². The number of esters is 1. The summed E-state index contributed by atoms with van der Waals surface area (Å²) in [5, 5.41) is 0.541. The fraction of sp³-hybridized carbons (Fsp3) is 0.308. The molecule has 1 aromatic carbocycles. The van der Waals surface area contributed by atoms with Gasteiger partial charge in [0.05, 0.1) is 5.02 Å². The molecule has 0 saturated carbocycles. The minimum Gasteiger partial charge on any atom is -0.488 e. The summed E-state index contributed by atoms with van der Waals surface area (Å²) in [7, 11) is 0. The Hall–Kier alpha value is -1.48. The highest BCUT2D eigenvalue weighted by Gasteiger charge is 2.08. The largest absolute Gasteiger partial charge is 0.488 e. The maximum absolute atomic E-state index is 11.1. The molecule has 1 atom stereocenters. The molecule has 0 fully saturated rings. The summed E-state index contributed by atoms with van der Waals surface area (Å²) in [6.45, 7) is 3.79. The van der Waals surface area contributed by atoms with Crippen LogP contribution in [0, 0.1) is 0 Å². The molecule has 92 valence electrons. The van der Waals surface area contributed by atoms with E-state index in [-0.39, 0.29) is 18.7 Å². The lowest BCUT2D eigenvalue weighted by Crippen LogP contribution is -2.21. The van der Waals surface area contributed by atoms with E-state index in [0.717, 1.165) is 0 Å². The zero-order valence-corrected chi connectivity index (χ0v) is 10.6. The van der Waals surface area contributed by atoms with Crippen LogP contribution in [0.1, 0.15) is 13.8 Å². The third kappa shape index (κ3) is 4.91. The molecule has 0 aliphatic rings. The Morgan fingerprint density at radius 3 is 2.82 bits per heavy atom. The first kappa shape index (κ1) is 13.6. The molecule has 0 amide bonds. The van der Waals surface area contributed by atoms with Crippen LogP contribution in [0.25, 0.3) is 0 Å². The number of para-hydroxylation sites is 1. The molecule has 4 heteroatoms. The van der Waals surface area contributed by atoms with Crippen LogP contribution in [0.5, 0.6) is 5.75 Å². The van der Waals surface area contributed by atoms with E-state index >= 15 is 0 Å². The smallest absolute Gasteiger partial charge is 0.330 e. The van der Waals surface area contributed by atoms with Gasteiger partial charge in [-0.15, -0.1) is 0 Å². The lowest BCUT2D eigenvalue weighted by molar-refractivity contribution is -0.143. The maximum Gasteiger partial charge on any atom is 0.330 e. The summed E-state index contributed by atoms with van der Waals surface area (Å²) in [5.74, 6) is 0.214. The molecule has 0 heterocycles. The summed E-state index contributed by atoms with van der Waals surface area (Å²) in [5.41, 5.74) is 0. The molecule has 0 radical (unpaired) electrons. The number of benzene rings is 1. The zero-order valence-electron chi connectivity index (χ0n) is 9.85. The molecular formula is C13H15ClO3. The first-order valence-electron chi connectivity index (χ1n) is 5.34. The standard InChI is InChI=1S/C13H15ClO3/c1-3-6-13(15)17-10(2)9-16-12-8-5-4-7-11(12)14/h3-8,10H,9H2,1-2H3/b6-3-/t10-/m1/s1. The number of hydrogen-bond donors (Lipinski definition) is 0. The minimum atomic E-state index is -0.372. The molecule has 1 aromatic rings. The van der Waals surface area contributed by atoms with E-state index in [9.17, 15) is 4.79 Å². The first-order chi connectivity index (χ1) is 8.13. The van der Waals surface area contributed by atoms with E-state index in [1.165, 1.54) is 6.08 Å². The quantitative estimate of drug-likeness (QED) is 0.598. The van der Waals surface area contributed by atoms with Crippen LogP contribution in [-0.2, 0) is 9.53 Å². The number of carbonyl (C=O) groups excluding carboxylic acids is 1. The molecule has 0 saturated heterocycles. The summed E-state index contributed by atoms with van der Waals surface area (Å²) >= 11 is 5.92.